The minimum atomic E-state index is -0.978. The molecule has 0 saturated heterocycles. The molecule has 0 fully saturated rings. The van der Waals surface area contributed by atoms with Crippen LogP contribution in [0.1, 0.15) is 11.3 Å². The normalized spacial score (nSPS) is 8.73. The van der Waals surface area contributed by atoms with Gasteiger partial charge in [0.1, 0.15) is 0 Å². The molecular weight excluding hydrogens is 171 g/mol. The topological polar surface area (TPSA) is 40.1 Å². The average Bonchev–Trinajstić information content (AvgIpc) is 2.34. The van der Waals surface area contributed by atoms with E-state index in [2.05, 4.69) is 0 Å². The molecule has 54 valence electrons. The third-order valence-corrected chi connectivity index (χ3v) is 2.09. The molecule has 4 heteroatoms. The summed E-state index contributed by atoms with van der Waals surface area (Å²) in [6.45, 7) is 0. The fraction of sp³-hybridized carbons (Fsp3) is 0.286. The molecule has 2 nitrogen and oxygen atoms in total. The molecule has 0 aliphatic heterocycles. The second-order valence-corrected chi connectivity index (χ2v) is 2.98. The van der Waals surface area contributed by atoms with Gasteiger partial charge in [-0.15, -0.1) is 11.3 Å². The largest absolute Gasteiger partial charge is 1.00 e. The van der Waals surface area contributed by atoms with Gasteiger partial charge >= 0.3 is 29.6 Å². The molecule has 11 heavy (non-hydrogen) atoms. The Balaban J connectivity index is 0.000001000. The van der Waals surface area contributed by atoms with E-state index in [4.69, 9.17) is 0 Å². The van der Waals surface area contributed by atoms with Crippen molar-refractivity contribution in [3.63, 3.8) is 0 Å². The number of carbonyl (C=O) groups is 1. The molecular formula is C7H7NaO2S. The van der Waals surface area contributed by atoms with E-state index in [1.54, 1.807) is 11.3 Å². The SMILES string of the molecule is O=C([O-])CCc1cccs1.[Na+]. The van der Waals surface area contributed by atoms with Crippen LogP contribution in [0.5, 0.6) is 0 Å². The van der Waals surface area contributed by atoms with Gasteiger partial charge in [-0.25, -0.2) is 0 Å². The number of hydrogen-bond donors (Lipinski definition) is 0. The summed E-state index contributed by atoms with van der Waals surface area (Å²) in [5.41, 5.74) is 0. The number of hydrogen-bond acceptors (Lipinski definition) is 3. The summed E-state index contributed by atoms with van der Waals surface area (Å²) in [4.78, 5) is 11.1. The second kappa shape index (κ2) is 5.77. The molecule has 0 radical (unpaired) electrons. The molecule has 0 saturated carbocycles. The third-order valence-electron chi connectivity index (χ3n) is 1.16. The summed E-state index contributed by atoms with van der Waals surface area (Å²) >= 11 is 1.57. The molecule has 0 aliphatic carbocycles. The van der Waals surface area contributed by atoms with Crippen LogP contribution >= 0.6 is 11.3 Å². The van der Waals surface area contributed by atoms with Gasteiger partial charge in [0.25, 0.3) is 0 Å². The first-order valence-corrected chi connectivity index (χ1v) is 3.89. The Morgan fingerprint density at radius 2 is 2.36 bits per heavy atom. The Bertz CT molecular complexity index is 208. The van der Waals surface area contributed by atoms with Crippen molar-refractivity contribution in [2.45, 2.75) is 12.8 Å². The van der Waals surface area contributed by atoms with Gasteiger partial charge in [0.15, 0.2) is 0 Å². The average molecular weight is 178 g/mol. The van der Waals surface area contributed by atoms with E-state index in [9.17, 15) is 9.90 Å². The van der Waals surface area contributed by atoms with Crippen LogP contribution in [0.25, 0.3) is 0 Å². The molecule has 0 bridgehead atoms. The van der Waals surface area contributed by atoms with Gasteiger partial charge in [-0.3, -0.25) is 0 Å². The Kier molecular flexibility index (Phi) is 5.86. The summed E-state index contributed by atoms with van der Waals surface area (Å²) in [6.07, 6.45) is 0.723. The predicted molar refractivity (Wildman–Crippen MR) is 37.6 cm³/mol. The zero-order valence-electron chi connectivity index (χ0n) is 6.37. The Hall–Kier alpha value is 0.170. The number of thiophene rings is 1. The molecule has 1 rings (SSSR count). The molecule has 0 aromatic carbocycles. The van der Waals surface area contributed by atoms with E-state index >= 15 is 0 Å². The van der Waals surface area contributed by atoms with E-state index < -0.39 is 5.97 Å². The second-order valence-electron chi connectivity index (χ2n) is 1.95. The van der Waals surface area contributed by atoms with Gasteiger partial charge < -0.3 is 9.90 Å². The van der Waals surface area contributed by atoms with Crippen molar-refractivity contribution in [2.24, 2.45) is 0 Å². The van der Waals surface area contributed by atoms with Gasteiger partial charge in [0.05, 0.1) is 0 Å². The summed E-state index contributed by atoms with van der Waals surface area (Å²) < 4.78 is 0. The van der Waals surface area contributed by atoms with Gasteiger partial charge in [-0.1, -0.05) is 6.07 Å². The molecule has 1 aromatic heterocycles. The van der Waals surface area contributed by atoms with Crippen molar-refractivity contribution < 1.29 is 39.5 Å². The van der Waals surface area contributed by atoms with Crippen molar-refractivity contribution >= 4 is 17.3 Å². The minimum Gasteiger partial charge on any atom is -0.550 e. The minimum absolute atomic E-state index is 0. The number of aryl methyl sites for hydroxylation is 1. The maximum atomic E-state index is 9.99. The zero-order chi connectivity index (χ0) is 7.40. The van der Waals surface area contributed by atoms with Crippen LogP contribution in [0.2, 0.25) is 0 Å². The summed E-state index contributed by atoms with van der Waals surface area (Å²) in [6, 6.07) is 3.84. The monoisotopic (exact) mass is 178 g/mol. The standard InChI is InChI=1S/C7H8O2S.Na/c8-7(9)4-3-6-2-1-5-10-6;/h1-2,5H,3-4H2,(H,8,9);/q;+1/p-1. The van der Waals surface area contributed by atoms with Crippen LogP contribution in [0.15, 0.2) is 17.5 Å². The molecule has 1 aromatic rings. The van der Waals surface area contributed by atoms with Gasteiger partial charge in [-0.05, 0) is 24.3 Å². The predicted octanol–water partition coefficient (Wildman–Crippen LogP) is -2.57. The third kappa shape index (κ3) is 4.58. The Labute approximate surface area is 91.5 Å². The van der Waals surface area contributed by atoms with Crippen molar-refractivity contribution in [1.29, 1.82) is 0 Å². The maximum absolute atomic E-state index is 9.99. The molecule has 0 N–H and O–H groups in total. The Morgan fingerprint density at radius 3 is 2.82 bits per heavy atom. The van der Waals surface area contributed by atoms with E-state index in [1.165, 1.54) is 0 Å². The number of carbonyl (C=O) groups excluding carboxylic acids is 1. The van der Waals surface area contributed by atoms with Crippen molar-refractivity contribution in [3.8, 4) is 0 Å². The Morgan fingerprint density at radius 1 is 1.64 bits per heavy atom. The number of carboxylic acid groups (broad SMARTS) is 1. The van der Waals surface area contributed by atoms with Crippen LogP contribution < -0.4 is 34.7 Å². The number of aliphatic carboxylic acids is 1. The van der Waals surface area contributed by atoms with E-state index in [-0.39, 0.29) is 36.0 Å². The van der Waals surface area contributed by atoms with Gasteiger partial charge in [0.2, 0.25) is 0 Å². The smallest absolute Gasteiger partial charge is 0.550 e. The van der Waals surface area contributed by atoms with Crippen LogP contribution in [0.3, 0.4) is 0 Å². The summed E-state index contributed by atoms with van der Waals surface area (Å²) in [5, 5.41) is 11.9. The number of rotatable bonds is 3. The van der Waals surface area contributed by atoms with Gasteiger partial charge in [0, 0.05) is 10.8 Å². The molecule has 0 aliphatic rings. The van der Waals surface area contributed by atoms with Crippen LogP contribution in [-0.4, -0.2) is 5.97 Å². The fourth-order valence-electron chi connectivity index (χ4n) is 0.680. The van der Waals surface area contributed by atoms with Gasteiger partial charge in [-0.2, -0.15) is 0 Å². The molecule has 0 spiro atoms. The van der Waals surface area contributed by atoms with E-state index in [0.29, 0.717) is 6.42 Å². The van der Waals surface area contributed by atoms with E-state index in [0.717, 1.165) is 4.88 Å². The number of carboxylic acids is 1. The molecule has 0 unspecified atom stereocenters. The van der Waals surface area contributed by atoms with E-state index in [1.807, 2.05) is 17.5 Å². The maximum Gasteiger partial charge on any atom is 1.00 e. The fourth-order valence-corrected chi connectivity index (χ4v) is 1.39. The van der Waals surface area contributed by atoms with Crippen LogP contribution in [-0.2, 0) is 11.2 Å². The first-order valence-electron chi connectivity index (χ1n) is 3.01. The quantitative estimate of drug-likeness (QED) is 0.477. The zero-order valence-corrected chi connectivity index (χ0v) is 9.19. The molecule has 1 heterocycles. The van der Waals surface area contributed by atoms with Crippen LogP contribution in [0, 0.1) is 0 Å². The summed E-state index contributed by atoms with van der Waals surface area (Å²) in [7, 11) is 0. The van der Waals surface area contributed by atoms with Crippen molar-refractivity contribution in [3.05, 3.63) is 22.4 Å². The molecule has 0 atom stereocenters. The first kappa shape index (κ1) is 11.2. The first-order chi connectivity index (χ1) is 4.79. The van der Waals surface area contributed by atoms with Crippen molar-refractivity contribution in [2.75, 3.05) is 0 Å². The summed E-state index contributed by atoms with van der Waals surface area (Å²) in [5.74, 6) is -0.978. The van der Waals surface area contributed by atoms with Crippen molar-refractivity contribution in [1.82, 2.24) is 0 Å². The molecule has 0 amide bonds. The van der Waals surface area contributed by atoms with Crippen LogP contribution in [0.4, 0.5) is 0 Å².